The SMILES string of the molecule is CC(=O)CN(CCNC(C)=O)C(=O)Cn1cnc2c(N)ncnc21. The van der Waals surface area contributed by atoms with Gasteiger partial charge in [-0.05, 0) is 6.92 Å². The van der Waals surface area contributed by atoms with Crippen molar-refractivity contribution in [2.75, 3.05) is 25.4 Å². The quantitative estimate of drug-likeness (QED) is 0.660. The molecular formula is C14H19N7O3. The standard InChI is InChI=1S/C14H19N7O3/c1-9(22)5-20(4-3-16-10(2)23)11(24)6-21-8-19-12-13(15)17-7-18-14(12)21/h7-8H,3-6H2,1-2H3,(H,16,23)(H2,15,17,18). The highest BCUT2D eigenvalue weighted by molar-refractivity contribution is 5.86. The summed E-state index contributed by atoms with van der Waals surface area (Å²) >= 11 is 0. The van der Waals surface area contributed by atoms with Crippen LogP contribution in [0.1, 0.15) is 13.8 Å². The molecule has 2 aromatic heterocycles. The maximum absolute atomic E-state index is 12.5. The molecule has 128 valence electrons. The third kappa shape index (κ3) is 4.24. The van der Waals surface area contributed by atoms with Gasteiger partial charge in [0.05, 0.1) is 12.9 Å². The normalized spacial score (nSPS) is 10.6. The molecule has 0 aliphatic carbocycles. The van der Waals surface area contributed by atoms with Crippen LogP contribution in [0.15, 0.2) is 12.7 Å². The molecule has 0 bridgehead atoms. The number of hydrogen-bond donors (Lipinski definition) is 2. The number of nitrogen functional groups attached to an aromatic ring is 1. The molecule has 10 heteroatoms. The van der Waals surface area contributed by atoms with Gasteiger partial charge in [0.25, 0.3) is 0 Å². The van der Waals surface area contributed by atoms with Crippen molar-refractivity contribution in [1.82, 2.24) is 29.7 Å². The Morgan fingerprint density at radius 1 is 1.25 bits per heavy atom. The van der Waals surface area contributed by atoms with Gasteiger partial charge in [-0.2, -0.15) is 0 Å². The molecule has 0 unspecified atom stereocenters. The molecule has 0 radical (unpaired) electrons. The Bertz CT molecular complexity index is 771. The second kappa shape index (κ2) is 7.49. The third-order valence-electron chi connectivity index (χ3n) is 3.26. The monoisotopic (exact) mass is 333 g/mol. The van der Waals surface area contributed by atoms with Crippen LogP contribution in [0.25, 0.3) is 11.2 Å². The number of nitrogens with one attached hydrogen (secondary N) is 1. The lowest BCUT2D eigenvalue weighted by Crippen LogP contribution is -2.42. The first kappa shape index (κ1) is 17.3. The first-order valence-electron chi connectivity index (χ1n) is 7.31. The van der Waals surface area contributed by atoms with E-state index in [0.717, 1.165) is 0 Å². The summed E-state index contributed by atoms with van der Waals surface area (Å²) in [5.74, 6) is -0.393. The zero-order valence-corrected chi connectivity index (χ0v) is 13.5. The van der Waals surface area contributed by atoms with E-state index >= 15 is 0 Å². The zero-order chi connectivity index (χ0) is 17.7. The number of Topliss-reactive ketones (excluding diaryl/α,β-unsaturated/α-hetero) is 1. The van der Waals surface area contributed by atoms with Gasteiger partial charge >= 0.3 is 0 Å². The lowest BCUT2D eigenvalue weighted by atomic mass is 10.3. The first-order chi connectivity index (χ1) is 11.4. The average Bonchev–Trinajstić information content (AvgIpc) is 2.90. The number of ketones is 1. The molecule has 0 aliphatic rings. The second-order valence-electron chi connectivity index (χ2n) is 5.30. The van der Waals surface area contributed by atoms with Crippen LogP contribution in [0, 0.1) is 0 Å². The summed E-state index contributed by atoms with van der Waals surface area (Å²) in [5, 5.41) is 2.60. The number of imidazole rings is 1. The summed E-state index contributed by atoms with van der Waals surface area (Å²) in [7, 11) is 0. The number of anilines is 1. The number of nitrogens with two attached hydrogens (primary N) is 1. The topological polar surface area (TPSA) is 136 Å². The van der Waals surface area contributed by atoms with E-state index in [1.807, 2.05) is 0 Å². The maximum atomic E-state index is 12.5. The van der Waals surface area contributed by atoms with Gasteiger partial charge in [-0.3, -0.25) is 14.4 Å². The van der Waals surface area contributed by atoms with E-state index in [9.17, 15) is 14.4 Å². The van der Waals surface area contributed by atoms with Crippen LogP contribution >= 0.6 is 0 Å². The lowest BCUT2D eigenvalue weighted by molar-refractivity contribution is -0.135. The smallest absolute Gasteiger partial charge is 0.243 e. The number of hydrogen-bond acceptors (Lipinski definition) is 7. The number of fused-ring (bicyclic) bond motifs is 1. The van der Waals surface area contributed by atoms with E-state index in [2.05, 4.69) is 20.3 Å². The van der Waals surface area contributed by atoms with Gasteiger partial charge in [-0.1, -0.05) is 0 Å². The minimum absolute atomic E-state index is 0.0256. The number of rotatable bonds is 7. The molecule has 0 fully saturated rings. The van der Waals surface area contributed by atoms with Crippen LogP contribution in [0.5, 0.6) is 0 Å². The number of amides is 2. The molecular weight excluding hydrogens is 314 g/mol. The van der Waals surface area contributed by atoms with E-state index in [0.29, 0.717) is 11.2 Å². The molecule has 10 nitrogen and oxygen atoms in total. The maximum Gasteiger partial charge on any atom is 0.243 e. The van der Waals surface area contributed by atoms with Crippen LogP contribution in [0.3, 0.4) is 0 Å². The molecule has 0 spiro atoms. The minimum Gasteiger partial charge on any atom is -0.382 e. The summed E-state index contributed by atoms with van der Waals surface area (Å²) < 4.78 is 1.54. The fourth-order valence-corrected chi connectivity index (χ4v) is 2.19. The van der Waals surface area contributed by atoms with Crippen LogP contribution in [-0.4, -0.2) is 61.7 Å². The van der Waals surface area contributed by atoms with Gasteiger partial charge in [0.1, 0.15) is 24.2 Å². The molecule has 0 aliphatic heterocycles. The fourth-order valence-electron chi connectivity index (χ4n) is 2.19. The van der Waals surface area contributed by atoms with E-state index in [4.69, 9.17) is 5.73 Å². The Hall–Kier alpha value is -3.04. The predicted octanol–water partition coefficient (Wildman–Crippen LogP) is -1.04. The minimum atomic E-state index is -0.285. The van der Waals surface area contributed by atoms with Crippen molar-refractivity contribution < 1.29 is 14.4 Å². The van der Waals surface area contributed by atoms with E-state index < -0.39 is 0 Å². The molecule has 2 rings (SSSR count). The molecule has 0 saturated carbocycles. The number of carbonyl (C=O) groups is 3. The van der Waals surface area contributed by atoms with Crippen molar-refractivity contribution in [1.29, 1.82) is 0 Å². The van der Waals surface area contributed by atoms with E-state index in [1.165, 1.54) is 31.4 Å². The Morgan fingerprint density at radius 3 is 2.67 bits per heavy atom. The average molecular weight is 333 g/mol. The van der Waals surface area contributed by atoms with Crippen molar-refractivity contribution >= 4 is 34.6 Å². The van der Waals surface area contributed by atoms with Gasteiger partial charge in [0.15, 0.2) is 11.5 Å². The summed E-state index contributed by atoms with van der Waals surface area (Å²) in [6, 6.07) is 0. The fraction of sp³-hybridized carbons (Fsp3) is 0.429. The largest absolute Gasteiger partial charge is 0.382 e. The van der Waals surface area contributed by atoms with Gasteiger partial charge in [0.2, 0.25) is 11.8 Å². The predicted molar refractivity (Wildman–Crippen MR) is 85.7 cm³/mol. The Morgan fingerprint density at radius 2 is 2.00 bits per heavy atom. The highest BCUT2D eigenvalue weighted by Crippen LogP contribution is 2.14. The van der Waals surface area contributed by atoms with Crippen LogP contribution in [-0.2, 0) is 20.9 Å². The van der Waals surface area contributed by atoms with Gasteiger partial charge in [-0.15, -0.1) is 0 Å². The van der Waals surface area contributed by atoms with Crippen molar-refractivity contribution in [2.24, 2.45) is 0 Å². The summed E-state index contributed by atoms with van der Waals surface area (Å²) in [4.78, 5) is 48.2. The molecule has 3 N–H and O–H groups in total. The van der Waals surface area contributed by atoms with Crippen LogP contribution in [0.2, 0.25) is 0 Å². The van der Waals surface area contributed by atoms with E-state index in [1.54, 1.807) is 4.57 Å². The second-order valence-corrected chi connectivity index (χ2v) is 5.30. The van der Waals surface area contributed by atoms with Gasteiger partial charge < -0.3 is 20.5 Å². The number of aromatic nitrogens is 4. The zero-order valence-electron chi connectivity index (χ0n) is 13.5. The Kier molecular flexibility index (Phi) is 5.40. The summed E-state index contributed by atoms with van der Waals surface area (Å²) in [5.41, 5.74) is 6.58. The molecule has 0 atom stereocenters. The Labute approximate surface area is 138 Å². The molecule has 0 aromatic carbocycles. The van der Waals surface area contributed by atoms with Gasteiger partial charge in [-0.25, -0.2) is 15.0 Å². The number of carbonyl (C=O) groups excluding carboxylic acids is 3. The van der Waals surface area contributed by atoms with Crippen LogP contribution < -0.4 is 11.1 Å². The molecule has 2 aromatic rings. The number of nitrogens with zero attached hydrogens (tertiary/aromatic N) is 5. The highest BCUT2D eigenvalue weighted by Gasteiger charge is 2.18. The highest BCUT2D eigenvalue weighted by atomic mass is 16.2. The Balaban J connectivity index is 2.11. The molecule has 24 heavy (non-hydrogen) atoms. The van der Waals surface area contributed by atoms with Crippen molar-refractivity contribution in [2.45, 2.75) is 20.4 Å². The van der Waals surface area contributed by atoms with Crippen molar-refractivity contribution in [3.8, 4) is 0 Å². The lowest BCUT2D eigenvalue weighted by Gasteiger charge is -2.21. The molecule has 2 heterocycles. The summed E-state index contributed by atoms with van der Waals surface area (Å²) in [6.45, 7) is 3.23. The summed E-state index contributed by atoms with van der Waals surface area (Å²) in [6.07, 6.45) is 2.75. The van der Waals surface area contributed by atoms with Gasteiger partial charge in [0, 0.05) is 20.0 Å². The van der Waals surface area contributed by atoms with Crippen molar-refractivity contribution in [3.05, 3.63) is 12.7 Å². The van der Waals surface area contributed by atoms with Crippen LogP contribution in [0.4, 0.5) is 5.82 Å². The first-order valence-corrected chi connectivity index (χ1v) is 7.31. The molecule has 2 amide bonds. The van der Waals surface area contributed by atoms with E-state index in [-0.39, 0.29) is 49.6 Å². The molecule has 0 saturated heterocycles. The van der Waals surface area contributed by atoms with Crippen molar-refractivity contribution in [3.63, 3.8) is 0 Å². The third-order valence-corrected chi connectivity index (χ3v) is 3.26.